The fourth-order valence-corrected chi connectivity index (χ4v) is 4.90. The predicted molar refractivity (Wildman–Crippen MR) is 65.6 cm³/mol. The number of nitrogens with zero attached hydrogens (tertiary/aromatic N) is 2. The van der Waals surface area contributed by atoms with Gasteiger partial charge in [0, 0.05) is 0 Å². The van der Waals surface area contributed by atoms with E-state index in [4.69, 9.17) is 0 Å². The summed E-state index contributed by atoms with van der Waals surface area (Å²) in [5.41, 5.74) is 0. The van der Waals surface area contributed by atoms with Crippen LogP contribution < -0.4 is 0 Å². The fourth-order valence-electron chi connectivity index (χ4n) is 1.22. The molecule has 5 heteroatoms. The first kappa shape index (κ1) is 9.48. The molecule has 0 aliphatic heterocycles. The summed E-state index contributed by atoms with van der Waals surface area (Å²) in [5.74, 6) is 0. The molecule has 15 heavy (non-hydrogen) atoms. The molecule has 2 nitrogen and oxygen atoms in total. The Kier molecular flexibility index (Phi) is 2.54. The van der Waals surface area contributed by atoms with Crippen LogP contribution in [0.4, 0.5) is 0 Å². The SMILES string of the molecule is c1csc(-c2nnc(-c3cccs3)[se]2)c1. The third kappa shape index (κ3) is 1.84. The molecule has 3 aromatic rings. The van der Waals surface area contributed by atoms with Crippen molar-refractivity contribution in [2.75, 3.05) is 0 Å². The molecule has 0 saturated heterocycles. The van der Waals surface area contributed by atoms with E-state index in [2.05, 4.69) is 45.2 Å². The van der Waals surface area contributed by atoms with Gasteiger partial charge in [-0.25, -0.2) is 0 Å². The van der Waals surface area contributed by atoms with Crippen LogP contribution in [-0.2, 0) is 0 Å². The van der Waals surface area contributed by atoms with Crippen molar-refractivity contribution in [2.45, 2.75) is 0 Å². The zero-order valence-corrected chi connectivity index (χ0v) is 10.9. The summed E-state index contributed by atoms with van der Waals surface area (Å²) in [5, 5.41) is 12.7. The van der Waals surface area contributed by atoms with Crippen molar-refractivity contribution in [3.05, 3.63) is 35.0 Å². The first-order valence-corrected chi connectivity index (χ1v) is 7.82. The van der Waals surface area contributed by atoms with E-state index in [1.54, 1.807) is 22.7 Å². The van der Waals surface area contributed by atoms with Gasteiger partial charge in [-0.05, 0) is 0 Å². The van der Waals surface area contributed by atoms with E-state index in [9.17, 15) is 0 Å². The summed E-state index contributed by atoms with van der Waals surface area (Å²) >= 11 is 3.74. The first-order valence-electron chi connectivity index (χ1n) is 4.35. The summed E-state index contributed by atoms with van der Waals surface area (Å²) < 4.78 is 2.31. The summed E-state index contributed by atoms with van der Waals surface area (Å²) in [7, 11) is 0. The Morgan fingerprint density at radius 1 is 0.867 bits per heavy atom. The van der Waals surface area contributed by atoms with Gasteiger partial charge in [0.1, 0.15) is 0 Å². The van der Waals surface area contributed by atoms with Gasteiger partial charge in [0.25, 0.3) is 0 Å². The van der Waals surface area contributed by atoms with Gasteiger partial charge in [0.15, 0.2) is 0 Å². The number of thiophene rings is 2. The second-order valence-corrected chi connectivity index (χ2v) is 6.81. The molecule has 3 rings (SSSR count). The second kappa shape index (κ2) is 4.02. The number of rotatable bonds is 2. The number of hydrogen-bond donors (Lipinski definition) is 0. The summed E-state index contributed by atoms with van der Waals surface area (Å²) in [6.07, 6.45) is 0. The van der Waals surface area contributed by atoms with Crippen molar-refractivity contribution in [3.63, 3.8) is 0 Å². The molecule has 0 fully saturated rings. The molecular formula is C10H6N2S2Se. The Morgan fingerprint density at radius 2 is 1.40 bits per heavy atom. The quantitative estimate of drug-likeness (QED) is 0.680. The van der Waals surface area contributed by atoms with Gasteiger partial charge in [-0.3, -0.25) is 0 Å². The molecule has 3 heterocycles. The molecule has 0 bridgehead atoms. The van der Waals surface area contributed by atoms with Gasteiger partial charge in [-0.15, -0.1) is 0 Å². The molecule has 0 aromatic carbocycles. The van der Waals surface area contributed by atoms with E-state index in [1.165, 1.54) is 9.75 Å². The van der Waals surface area contributed by atoms with E-state index >= 15 is 0 Å². The molecule has 0 N–H and O–H groups in total. The molecule has 0 saturated carbocycles. The van der Waals surface area contributed by atoms with Crippen molar-refractivity contribution in [1.29, 1.82) is 0 Å². The van der Waals surface area contributed by atoms with Crippen LogP contribution in [0.1, 0.15) is 0 Å². The van der Waals surface area contributed by atoms with Gasteiger partial charge >= 0.3 is 101 Å². The summed E-state index contributed by atoms with van der Waals surface area (Å²) in [4.78, 5) is 2.51. The number of aromatic nitrogens is 2. The molecular weight excluding hydrogens is 291 g/mol. The predicted octanol–water partition coefficient (Wildman–Crippen LogP) is 2.99. The van der Waals surface area contributed by atoms with Crippen LogP contribution in [0.3, 0.4) is 0 Å². The molecule has 0 aliphatic carbocycles. The van der Waals surface area contributed by atoms with E-state index < -0.39 is 0 Å². The van der Waals surface area contributed by atoms with E-state index in [1.807, 2.05) is 0 Å². The van der Waals surface area contributed by atoms with Gasteiger partial charge < -0.3 is 0 Å². The van der Waals surface area contributed by atoms with Gasteiger partial charge in [-0.1, -0.05) is 0 Å². The Morgan fingerprint density at radius 3 is 1.80 bits per heavy atom. The van der Waals surface area contributed by atoms with Crippen molar-refractivity contribution in [1.82, 2.24) is 10.2 Å². The fraction of sp³-hybridized carbons (Fsp3) is 0. The molecule has 0 atom stereocenters. The van der Waals surface area contributed by atoms with Crippen molar-refractivity contribution in [2.24, 2.45) is 0 Å². The average molecular weight is 297 g/mol. The van der Waals surface area contributed by atoms with Crippen molar-refractivity contribution >= 4 is 37.2 Å². The van der Waals surface area contributed by atoms with Crippen LogP contribution in [0.2, 0.25) is 0 Å². The van der Waals surface area contributed by atoms with Crippen molar-refractivity contribution in [3.8, 4) is 18.9 Å². The van der Waals surface area contributed by atoms with Gasteiger partial charge in [0.2, 0.25) is 0 Å². The van der Waals surface area contributed by atoms with Crippen LogP contribution in [0, 0.1) is 0 Å². The second-order valence-electron chi connectivity index (χ2n) is 2.87. The van der Waals surface area contributed by atoms with Crippen molar-refractivity contribution < 1.29 is 0 Å². The third-order valence-corrected chi connectivity index (χ3v) is 6.30. The molecule has 74 valence electrons. The van der Waals surface area contributed by atoms with E-state index in [0.29, 0.717) is 0 Å². The molecule has 0 aliphatic rings. The van der Waals surface area contributed by atoms with Crippen LogP contribution >= 0.6 is 22.7 Å². The van der Waals surface area contributed by atoms with Crippen LogP contribution in [0.15, 0.2) is 35.0 Å². The standard InChI is InChI=1S/C10H6N2S2Se/c1-3-7(13-5-1)9-11-12-10(15-9)8-4-2-6-14-8/h1-6H. The maximum atomic E-state index is 4.27. The number of hydrogen-bond acceptors (Lipinski definition) is 4. The first-order chi connectivity index (χ1) is 7.43. The Bertz CT molecular complexity index is 491. The minimum absolute atomic E-state index is 0.274. The molecule has 0 unspecified atom stereocenters. The van der Waals surface area contributed by atoms with Gasteiger partial charge in [-0.2, -0.15) is 0 Å². The molecule has 0 spiro atoms. The Labute approximate surface area is 101 Å². The Balaban J connectivity index is 2.02. The van der Waals surface area contributed by atoms with E-state index in [0.717, 1.165) is 9.14 Å². The molecule has 0 amide bonds. The summed E-state index contributed by atoms with van der Waals surface area (Å²) in [6.45, 7) is 0. The average Bonchev–Trinajstić information content (AvgIpc) is 3.02. The minimum atomic E-state index is 0.274. The maximum absolute atomic E-state index is 4.27. The summed E-state index contributed by atoms with van der Waals surface area (Å²) in [6, 6.07) is 8.33. The van der Waals surface area contributed by atoms with Crippen LogP contribution in [0.5, 0.6) is 0 Å². The van der Waals surface area contributed by atoms with Crippen LogP contribution in [-0.4, -0.2) is 24.7 Å². The Hall–Kier alpha value is -0.741. The zero-order valence-electron chi connectivity index (χ0n) is 7.58. The monoisotopic (exact) mass is 298 g/mol. The molecule has 0 radical (unpaired) electrons. The van der Waals surface area contributed by atoms with Crippen LogP contribution in [0.25, 0.3) is 18.9 Å². The zero-order chi connectivity index (χ0) is 10.1. The molecule has 3 aromatic heterocycles. The topological polar surface area (TPSA) is 25.8 Å². The van der Waals surface area contributed by atoms with E-state index in [-0.39, 0.29) is 14.5 Å². The van der Waals surface area contributed by atoms with Gasteiger partial charge in [0.05, 0.1) is 0 Å². The normalized spacial score (nSPS) is 10.7. The third-order valence-electron chi connectivity index (χ3n) is 1.89.